The van der Waals surface area contributed by atoms with Crippen molar-refractivity contribution in [1.82, 2.24) is 9.80 Å². The van der Waals surface area contributed by atoms with Gasteiger partial charge in [0.25, 0.3) is 0 Å². The van der Waals surface area contributed by atoms with Crippen molar-refractivity contribution < 1.29 is 42.9 Å². The molecule has 1 aliphatic rings. The Labute approximate surface area is 236 Å². The third-order valence-electron chi connectivity index (χ3n) is 8.90. The van der Waals surface area contributed by atoms with E-state index in [1.165, 1.54) is 152 Å². The van der Waals surface area contributed by atoms with Gasteiger partial charge in [-0.15, -0.1) is 0 Å². The molecule has 0 aliphatic carbocycles. The predicted molar refractivity (Wildman–Crippen MR) is 143 cm³/mol. The number of piperazine rings is 1. The van der Waals surface area contributed by atoms with E-state index in [2.05, 4.69) is 51.3 Å². The van der Waals surface area contributed by atoms with Gasteiger partial charge in [0.1, 0.15) is 0 Å². The molecule has 0 atom stereocenters. The van der Waals surface area contributed by atoms with Crippen LogP contribution in [-0.2, 0) is 0 Å². The van der Waals surface area contributed by atoms with Gasteiger partial charge >= 0.3 is 0 Å². The molecule has 0 unspecified atom stereocenters. The molecule has 208 valence electrons. The van der Waals surface area contributed by atoms with Gasteiger partial charge in [0.15, 0.2) is 0 Å². The number of halogens is 2. The summed E-state index contributed by atoms with van der Waals surface area (Å²) < 4.78 is 2.66. The summed E-state index contributed by atoms with van der Waals surface area (Å²) in [4.78, 5) is 5.51. The lowest BCUT2D eigenvalue weighted by molar-refractivity contribution is -0.924. The Morgan fingerprint density at radius 2 is 0.765 bits per heavy atom. The number of unbranched alkanes of at least 4 members (excludes halogenated alkanes) is 6. The molecule has 1 rings (SSSR count). The first-order valence-electron chi connectivity index (χ1n) is 14.7. The minimum atomic E-state index is 0. The van der Waals surface area contributed by atoms with Crippen molar-refractivity contribution >= 4 is 0 Å². The lowest BCUT2D eigenvalue weighted by atomic mass is 10.1. The van der Waals surface area contributed by atoms with E-state index in [1.807, 2.05) is 0 Å². The molecule has 0 N–H and O–H groups in total. The minimum absolute atomic E-state index is 0. The maximum atomic E-state index is 2.76. The Balaban J connectivity index is 0. The largest absolute Gasteiger partial charge is 1.00 e. The van der Waals surface area contributed by atoms with Crippen molar-refractivity contribution in [2.24, 2.45) is 0 Å². The van der Waals surface area contributed by atoms with Crippen LogP contribution in [0.1, 0.15) is 92.9 Å². The van der Waals surface area contributed by atoms with Crippen LogP contribution in [0.25, 0.3) is 0 Å². The number of quaternary nitrogens is 2. The van der Waals surface area contributed by atoms with Crippen molar-refractivity contribution in [1.29, 1.82) is 0 Å². The second kappa shape index (κ2) is 21.8. The van der Waals surface area contributed by atoms with Crippen LogP contribution in [0.15, 0.2) is 0 Å². The van der Waals surface area contributed by atoms with Crippen LogP contribution >= 0.6 is 0 Å². The molecule has 0 saturated carbocycles. The molecular formula is C28H62Br2N4. The van der Waals surface area contributed by atoms with E-state index < -0.39 is 0 Å². The normalized spacial score (nSPS) is 15.7. The van der Waals surface area contributed by atoms with Crippen LogP contribution in [0.5, 0.6) is 0 Å². The lowest BCUT2D eigenvalue weighted by Gasteiger charge is -2.42. The number of likely N-dealkylation sites (N-methyl/N-ethyl adjacent to an activating group) is 2. The fourth-order valence-corrected chi connectivity index (χ4v) is 5.63. The third kappa shape index (κ3) is 13.9. The van der Waals surface area contributed by atoms with E-state index in [0.29, 0.717) is 0 Å². The molecule has 0 radical (unpaired) electrons. The van der Waals surface area contributed by atoms with E-state index in [1.54, 1.807) is 0 Å². The Morgan fingerprint density at radius 1 is 0.441 bits per heavy atom. The van der Waals surface area contributed by atoms with Gasteiger partial charge in [0.2, 0.25) is 0 Å². The first-order chi connectivity index (χ1) is 15.5. The first kappa shape index (κ1) is 37.0. The Kier molecular flexibility index (Phi) is 23.7. The smallest absolute Gasteiger partial charge is 0.0915 e. The molecule has 0 aromatic heterocycles. The predicted octanol–water partition coefficient (Wildman–Crippen LogP) is -0.514. The Hall–Kier alpha value is 0.800. The summed E-state index contributed by atoms with van der Waals surface area (Å²) >= 11 is 0. The van der Waals surface area contributed by atoms with E-state index >= 15 is 0 Å². The molecule has 1 fully saturated rings. The van der Waals surface area contributed by atoms with Crippen LogP contribution in [0.2, 0.25) is 0 Å². The number of nitrogens with zero attached hydrogens (tertiary/aromatic N) is 4. The molecule has 0 aromatic carbocycles. The van der Waals surface area contributed by atoms with Gasteiger partial charge in [-0.3, -0.25) is 9.80 Å². The second-order valence-corrected chi connectivity index (χ2v) is 10.6. The van der Waals surface area contributed by atoms with Gasteiger partial charge in [0, 0.05) is 39.3 Å². The summed E-state index contributed by atoms with van der Waals surface area (Å²) in [7, 11) is 0. The third-order valence-corrected chi connectivity index (χ3v) is 8.90. The molecule has 4 nitrogen and oxygen atoms in total. The van der Waals surface area contributed by atoms with Gasteiger partial charge in [-0.1, -0.05) is 39.5 Å². The van der Waals surface area contributed by atoms with Gasteiger partial charge < -0.3 is 42.9 Å². The van der Waals surface area contributed by atoms with Crippen LogP contribution < -0.4 is 34.0 Å². The molecule has 1 aliphatic heterocycles. The molecule has 0 aromatic rings. The van der Waals surface area contributed by atoms with Crippen LogP contribution in [0.4, 0.5) is 0 Å². The average Bonchev–Trinajstić information content (AvgIpc) is 2.84. The van der Waals surface area contributed by atoms with Gasteiger partial charge in [0.05, 0.1) is 52.4 Å². The maximum absolute atomic E-state index is 2.76. The highest BCUT2D eigenvalue weighted by molar-refractivity contribution is 4.72. The molecule has 0 bridgehead atoms. The van der Waals surface area contributed by atoms with Crippen molar-refractivity contribution in [2.45, 2.75) is 92.9 Å². The van der Waals surface area contributed by atoms with E-state index in [9.17, 15) is 0 Å². The fourth-order valence-electron chi connectivity index (χ4n) is 5.63. The van der Waals surface area contributed by atoms with E-state index in [0.717, 1.165) is 0 Å². The molecule has 1 saturated heterocycles. The summed E-state index contributed by atoms with van der Waals surface area (Å²) in [6.45, 7) is 32.7. The SMILES string of the molecule is CCCCCC[N+](CC)(CC)CCN1CCN(CC[N+](CC)(CC)CCCCCC)CC1.[Br-].[Br-]. The molecular weight excluding hydrogens is 552 g/mol. The van der Waals surface area contributed by atoms with Crippen molar-refractivity contribution in [2.75, 3.05) is 91.6 Å². The molecule has 34 heavy (non-hydrogen) atoms. The maximum Gasteiger partial charge on any atom is 0.0915 e. The summed E-state index contributed by atoms with van der Waals surface area (Å²) in [6, 6.07) is 0. The van der Waals surface area contributed by atoms with Crippen LogP contribution in [-0.4, -0.2) is 110 Å². The standard InChI is InChI=1S/C28H62N4.2BrH/c1-7-13-15-17-25-31(9-3,10-4)27-23-29-19-21-30(22-20-29)24-28-32(11-5,12-6)26-18-16-14-8-2;;/h7-28H2,1-6H3;2*1H/q+2;;/p-2. The van der Waals surface area contributed by atoms with E-state index in [-0.39, 0.29) is 34.0 Å². The zero-order valence-electron chi connectivity index (χ0n) is 24.1. The first-order valence-corrected chi connectivity index (χ1v) is 14.7. The lowest BCUT2D eigenvalue weighted by Crippen LogP contribution is -3.00. The quantitative estimate of drug-likeness (QED) is 0.135. The highest BCUT2D eigenvalue weighted by Crippen LogP contribution is 2.14. The highest BCUT2D eigenvalue weighted by Gasteiger charge is 2.27. The number of hydrogen-bond acceptors (Lipinski definition) is 2. The average molecular weight is 615 g/mol. The molecule has 0 spiro atoms. The van der Waals surface area contributed by atoms with Crippen molar-refractivity contribution in [3.05, 3.63) is 0 Å². The monoisotopic (exact) mass is 612 g/mol. The highest BCUT2D eigenvalue weighted by atomic mass is 79.9. The zero-order valence-corrected chi connectivity index (χ0v) is 27.3. The summed E-state index contributed by atoms with van der Waals surface area (Å²) in [5, 5.41) is 0. The molecule has 6 heteroatoms. The Morgan fingerprint density at radius 3 is 1.03 bits per heavy atom. The summed E-state index contributed by atoms with van der Waals surface area (Å²) in [6.07, 6.45) is 11.2. The molecule has 1 heterocycles. The zero-order chi connectivity index (χ0) is 23.7. The fraction of sp³-hybridized carbons (Fsp3) is 1.00. The number of rotatable bonds is 20. The minimum Gasteiger partial charge on any atom is -1.00 e. The van der Waals surface area contributed by atoms with Gasteiger partial charge in [-0.25, -0.2) is 0 Å². The van der Waals surface area contributed by atoms with Gasteiger partial charge in [-0.2, -0.15) is 0 Å². The van der Waals surface area contributed by atoms with Crippen molar-refractivity contribution in [3.8, 4) is 0 Å². The van der Waals surface area contributed by atoms with Crippen molar-refractivity contribution in [3.63, 3.8) is 0 Å². The topological polar surface area (TPSA) is 6.48 Å². The van der Waals surface area contributed by atoms with Gasteiger partial charge in [-0.05, 0) is 53.4 Å². The van der Waals surface area contributed by atoms with Crippen LogP contribution in [0.3, 0.4) is 0 Å². The van der Waals surface area contributed by atoms with E-state index in [4.69, 9.17) is 0 Å². The number of hydrogen-bond donors (Lipinski definition) is 0. The summed E-state index contributed by atoms with van der Waals surface area (Å²) in [5.41, 5.74) is 0. The summed E-state index contributed by atoms with van der Waals surface area (Å²) in [5.74, 6) is 0. The molecule has 0 amide bonds. The second-order valence-electron chi connectivity index (χ2n) is 10.6. The Bertz CT molecular complexity index is 394. The van der Waals surface area contributed by atoms with Crippen LogP contribution in [0, 0.1) is 0 Å².